The second kappa shape index (κ2) is 7.18. The third-order valence-electron chi connectivity index (χ3n) is 5.08. The molecule has 2 aromatic rings. The summed E-state index contributed by atoms with van der Waals surface area (Å²) in [5.74, 6) is -0.218. The highest BCUT2D eigenvalue weighted by Crippen LogP contribution is 2.31. The van der Waals surface area contributed by atoms with Gasteiger partial charge in [0.05, 0.1) is 5.56 Å². The molecule has 25 heavy (non-hydrogen) atoms. The van der Waals surface area contributed by atoms with Crippen molar-refractivity contribution < 1.29 is 9.18 Å². The van der Waals surface area contributed by atoms with E-state index in [0.29, 0.717) is 18.7 Å². The molecule has 1 unspecified atom stereocenters. The van der Waals surface area contributed by atoms with E-state index in [4.69, 9.17) is 5.73 Å². The number of aromatic nitrogens is 1. The Balaban J connectivity index is 0.00000225. The van der Waals surface area contributed by atoms with Gasteiger partial charge in [0.15, 0.2) is 0 Å². The number of aryl methyl sites for hydroxylation is 1. The van der Waals surface area contributed by atoms with Crippen LogP contribution in [0, 0.1) is 25.1 Å². The molecule has 1 aromatic carbocycles. The van der Waals surface area contributed by atoms with Crippen LogP contribution in [0.1, 0.15) is 35.1 Å². The number of hydrogen-bond acceptors (Lipinski definition) is 2. The molecule has 1 aliphatic heterocycles. The van der Waals surface area contributed by atoms with Gasteiger partial charge in [0.1, 0.15) is 5.82 Å². The summed E-state index contributed by atoms with van der Waals surface area (Å²) in [6, 6.07) is 8.24. The zero-order chi connectivity index (χ0) is 17.5. The minimum Gasteiger partial charge on any atom is -0.338 e. The number of likely N-dealkylation sites (tertiary alicyclic amines) is 1. The zero-order valence-electron chi connectivity index (χ0n) is 14.9. The number of carbonyl (C=O) groups is 1. The molecular weight excluding hydrogens is 341 g/mol. The molecule has 136 valence electrons. The van der Waals surface area contributed by atoms with Crippen LogP contribution in [0.15, 0.2) is 30.3 Å². The van der Waals surface area contributed by atoms with Crippen molar-refractivity contribution in [3.05, 3.63) is 53.1 Å². The fourth-order valence-corrected chi connectivity index (χ4v) is 3.50. The minimum absolute atomic E-state index is 0. The van der Waals surface area contributed by atoms with Crippen molar-refractivity contribution in [1.29, 1.82) is 0 Å². The van der Waals surface area contributed by atoms with Crippen LogP contribution < -0.4 is 5.73 Å². The van der Waals surface area contributed by atoms with Crippen molar-refractivity contribution in [2.75, 3.05) is 19.6 Å². The van der Waals surface area contributed by atoms with Crippen LogP contribution in [0.2, 0.25) is 0 Å². The Labute approximate surface area is 154 Å². The van der Waals surface area contributed by atoms with E-state index in [1.165, 1.54) is 12.1 Å². The third kappa shape index (κ3) is 3.58. The molecule has 0 aliphatic carbocycles. The van der Waals surface area contributed by atoms with Gasteiger partial charge < -0.3 is 15.2 Å². The van der Waals surface area contributed by atoms with Crippen LogP contribution in [0.5, 0.6) is 0 Å². The summed E-state index contributed by atoms with van der Waals surface area (Å²) in [6.45, 7) is 8.05. The molecular formula is C19H25ClFN3O. The zero-order valence-corrected chi connectivity index (χ0v) is 15.7. The Morgan fingerprint density at radius 3 is 2.48 bits per heavy atom. The van der Waals surface area contributed by atoms with Crippen LogP contribution in [0.4, 0.5) is 4.39 Å². The molecule has 4 nitrogen and oxygen atoms in total. The second-order valence-electron chi connectivity index (χ2n) is 7.09. The first-order valence-electron chi connectivity index (χ1n) is 8.29. The van der Waals surface area contributed by atoms with Gasteiger partial charge in [-0.3, -0.25) is 4.79 Å². The molecule has 1 saturated heterocycles. The highest BCUT2D eigenvalue weighted by Gasteiger charge is 2.36. The van der Waals surface area contributed by atoms with Gasteiger partial charge in [0.2, 0.25) is 0 Å². The van der Waals surface area contributed by atoms with Gasteiger partial charge in [-0.05, 0) is 62.6 Å². The van der Waals surface area contributed by atoms with Gasteiger partial charge in [-0.15, -0.1) is 12.4 Å². The third-order valence-corrected chi connectivity index (χ3v) is 5.08. The smallest absolute Gasteiger partial charge is 0.255 e. The van der Waals surface area contributed by atoms with Crippen molar-refractivity contribution in [1.82, 2.24) is 9.47 Å². The molecule has 0 radical (unpaired) electrons. The number of benzene rings is 1. The molecule has 0 bridgehead atoms. The Morgan fingerprint density at radius 1 is 1.28 bits per heavy atom. The van der Waals surface area contributed by atoms with Gasteiger partial charge in [-0.1, -0.05) is 6.92 Å². The summed E-state index contributed by atoms with van der Waals surface area (Å²) in [5, 5.41) is 0. The lowest BCUT2D eigenvalue weighted by Gasteiger charge is -2.22. The van der Waals surface area contributed by atoms with E-state index in [2.05, 4.69) is 6.92 Å². The molecule has 2 N–H and O–H groups in total. The van der Waals surface area contributed by atoms with Crippen molar-refractivity contribution in [3.8, 4) is 5.69 Å². The number of nitrogens with two attached hydrogens (primary N) is 1. The van der Waals surface area contributed by atoms with Crippen molar-refractivity contribution >= 4 is 18.3 Å². The normalized spacial score (nSPS) is 19.8. The number of amides is 1. The van der Waals surface area contributed by atoms with E-state index in [0.717, 1.165) is 30.0 Å². The largest absolute Gasteiger partial charge is 0.338 e. The van der Waals surface area contributed by atoms with E-state index in [1.807, 2.05) is 29.4 Å². The Kier molecular flexibility index (Phi) is 5.59. The maximum absolute atomic E-state index is 13.2. The van der Waals surface area contributed by atoms with Crippen LogP contribution in [-0.4, -0.2) is 35.0 Å². The number of hydrogen-bond donors (Lipinski definition) is 1. The Morgan fingerprint density at radius 2 is 1.92 bits per heavy atom. The van der Waals surface area contributed by atoms with Gasteiger partial charge >= 0.3 is 0 Å². The van der Waals surface area contributed by atoms with Gasteiger partial charge in [0.25, 0.3) is 5.91 Å². The number of halogens is 2. The summed E-state index contributed by atoms with van der Waals surface area (Å²) < 4.78 is 15.2. The average molecular weight is 366 g/mol. The number of carbonyl (C=O) groups excluding carboxylic acids is 1. The first kappa shape index (κ1) is 19.5. The monoisotopic (exact) mass is 365 g/mol. The van der Waals surface area contributed by atoms with Crippen LogP contribution >= 0.6 is 12.4 Å². The van der Waals surface area contributed by atoms with E-state index < -0.39 is 0 Å². The fraction of sp³-hybridized carbons (Fsp3) is 0.421. The molecule has 1 aromatic heterocycles. The molecule has 3 rings (SSSR count). The summed E-state index contributed by atoms with van der Waals surface area (Å²) in [4.78, 5) is 14.8. The highest BCUT2D eigenvalue weighted by molar-refractivity contribution is 5.96. The average Bonchev–Trinajstić information content (AvgIpc) is 3.09. The standard InChI is InChI=1S/C19H24FN3O.ClH/c1-13-10-17(18(24)22-9-8-19(3,11-21)12-22)14(2)23(13)16-6-4-15(20)5-7-16;/h4-7,10H,8-9,11-12,21H2,1-3H3;1H. The lowest BCUT2D eigenvalue weighted by Crippen LogP contribution is -2.34. The predicted molar refractivity (Wildman–Crippen MR) is 100 cm³/mol. The summed E-state index contributed by atoms with van der Waals surface area (Å²) in [7, 11) is 0. The van der Waals surface area contributed by atoms with Crippen LogP contribution in [0.25, 0.3) is 5.69 Å². The molecule has 0 saturated carbocycles. The molecule has 1 atom stereocenters. The van der Waals surface area contributed by atoms with E-state index in [9.17, 15) is 9.18 Å². The second-order valence-corrected chi connectivity index (χ2v) is 7.09. The van der Waals surface area contributed by atoms with Gasteiger partial charge in [-0.2, -0.15) is 0 Å². The van der Waals surface area contributed by atoms with Crippen LogP contribution in [0.3, 0.4) is 0 Å². The lowest BCUT2D eigenvalue weighted by atomic mass is 9.90. The Bertz CT molecular complexity index is 772. The van der Waals surface area contributed by atoms with Crippen molar-refractivity contribution in [3.63, 3.8) is 0 Å². The topological polar surface area (TPSA) is 51.3 Å². The predicted octanol–water partition coefficient (Wildman–Crippen LogP) is 3.47. The quantitative estimate of drug-likeness (QED) is 0.905. The van der Waals surface area contributed by atoms with Crippen LogP contribution in [-0.2, 0) is 0 Å². The molecule has 1 fully saturated rings. The van der Waals surface area contributed by atoms with Crippen molar-refractivity contribution in [2.45, 2.75) is 27.2 Å². The summed E-state index contributed by atoms with van der Waals surface area (Å²) in [6.07, 6.45) is 0.936. The molecule has 1 aliphatic rings. The molecule has 0 spiro atoms. The first-order valence-corrected chi connectivity index (χ1v) is 8.29. The fourth-order valence-electron chi connectivity index (χ4n) is 3.50. The molecule has 2 heterocycles. The molecule has 6 heteroatoms. The summed E-state index contributed by atoms with van der Waals surface area (Å²) >= 11 is 0. The SMILES string of the molecule is Cc1cc(C(=O)N2CCC(C)(CN)C2)c(C)n1-c1ccc(F)cc1.Cl. The molecule has 1 amide bonds. The highest BCUT2D eigenvalue weighted by atomic mass is 35.5. The number of rotatable bonds is 3. The van der Waals surface area contributed by atoms with E-state index in [-0.39, 0.29) is 29.5 Å². The number of nitrogens with zero attached hydrogens (tertiary/aromatic N) is 2. The van der Waals surface area contributed by atoms with E-state index >= 15 is 0 Å². The van der Waals surface area contributed by atoms with Crippen molar-refractivity contribution in [2.24, 2.45) is 11.1 Å². The maximum atomic E-state index is 13.2. The van der Waals surface area contributed by atoms with Gasteiger partial charge in [-0.25, -0.2) is 4.39 Å². The first-order chi connectivity index (χ1) is 11.3. The van der Waals surface area contributed by atoms with E-state index in [1.54, 1.807) is 12.1 Å². The Hall–Kier alpha value is -1.85. The maximum Gasteiger partial charge on any atom is 0.255 e. The van der Waals surface area contributed by atoms with Gasteiger partial charge in [0, 0.05) is 30.2 Å². The lowest BCUT2D eigenvalue weighted by molar-refractivity contribution is 0.0776. The minimum atomic E-state index is -0.268. The summed E-state index contributed by atoms with van der Waals surface area (Å²) in [5.41, 5.74) is 9.26.